The van der Waals surface area contributed by atoms with E-state index in [1.807, 2.05) is 0 Å². The first-order valence-corrected chi connectivity index (χ1v) is 6.06. The fourth-order valence-corrected chi connectivity index (χ4v) is 2.31. The lowest BCUT2D eigenvalue weighted by molar-refractivity contribution is -0.231. The average Bonchev–Trinajstić information content (AvgIpc) is 2.40. The SMILES string of the molecule is Cc1c(O)cccc1C1O[C@H](CO)[C@@H](O)[C@H](O)[C@H]1O. The minimum atomic E-state index is -1.42. The molecule has 1 aromatic carbocycles. The van der Waals surface area contributed by atoms with Crippen molar-refractivity contribution < 1.29 is 30.3 Å². The molecule has 2 rings (SSSR count). The molecule has 0 bridgehead atoms. The third-order valence-electron chi connectivity index (χ3n) is 3.55. The van der Waals surface area contributed by atoms with Gasteiger partial charge in [-0.2, -0.15) is 0 Å². The number of aliphatic hydroxyl groups is 4. The Bertz CT molecular complexity index is 447. The van der Waals surface area contributed by atoms with Gasteiger partial charge in [-0.3, -0.25) is 0 Å². The maximum Gasteiger partial charge on any atom is 0.118 e. The van der Waals surface area contributed by atoms with Crippen LogP contribution in [-0.2, 0) is 4.74 Å². The van der Waals surface area contributed by atoms with Crippen LogP contribution in [0.3, 0.4) is 0 Å². The second kappa shape index (κ2) is 5.44. The second-order valence-corrected chi connectivity index (χ2v) is 4.74. The van der Waals surface area contributed by atoms with Crippen molar-refractivity contribution in [3.8, 4) is 5.75 Å². The summed E-state index contributed by atoms with van der Waals surface area (Å²) in [7, 11) is 0. The molecule has 1 fully saturated rings. The summed E-state index contributed by atoms with van der Waals surface area (Å²) in [5.74, 6) is 0.0504. The zero-order valence-electron chi connectivity index (χ0n) is 10.5. The number of hydrogen-bond donors (Lipinski definition) is 5. The van der Waals surface area contributed by atoms with Gasteiger partial charge in [0.2, 0.25) is 0 Å². The monoisotopic (exact) mass is 270 g/mol. The largest absolute Gasteiger partial charge is 0.508 e. The minimum Gasteiger partial charge on any atom is -0.508 e. The molecule has 0 saturated carbocycles. The number of rotatable bonds is 2. The van der Waals surface area contributed by atoms with Crippen molar-refractivity contribution in [1.82, 2.24) is 0 Å². The van der Waals surface area contributed by atoms with Gasteiger partial charge in [-0.05, 0) is 24.1 Å². The van der Waals surface area contributed by atoms with Crippen LogP contribution in [0.25, 0.3) is 0 Å². The minimum absolute atomic E-state index is 0.0504. The van der Waals surface area contributed by atoms with Crippen molar-refractivity contribution in [3.63, 3.8) is 0 Å². The van der Waals surface area contributed by atoms with E-state index in [-0.39, 0.29) is 5.75 Å². The smallest absolute Gasteiger partial charge is 0.118 e. The van der Waals surface area contributed by atoms with E-state index >= 15 is 0 Å². The molecular weight excluding hydrogens is 252 g/mol. The summed E-state index contributed by atoms with van der Waals surface area (Å²) in [5, 5.41) is 48.2. The van der Waals surface area contributed by atoms with Crippen molar-refractivity contribution >= 4 is 0 Å². The summed E-state index contributed by atoms with van der Waals surface area (Å²) in [6.07, 6.45) is -6.00. The van der Waals surface area contributed by atoms with E-state index in [1.165, 1.54) is 6.07 Å². The fourth-order valence-electron chi connectivity index (χ4n) is 2.31. The number of aromatic hydroxyl groups is 1. The van der Waals surface area contributed by atoms with Crippen LogP contribution in [0, 0.1) is 6.92 Å². The number of benzene rings is 1. The van der Waals surface area contributed by atoms with E-state index in [0.29, 0.717) is 11.1 Å². The molecule has 1 unspecified atom stereocenters. The number of aliphatic hydroxyl groups excluding tert-OH is 4. The van der Waals surface area contributed by atoms with Gasteiger partial charge in [-0.25, -0.2) is 0 Å². The van der Waals surface area contributed by atoms with E-state index in [2.05, 4.69) is 0 Å². The Morgan fingerprint density at radius 3 is 2.42 bits per heavy atom. The molecule has 0 aromatic heterocycles. The molecule has 0 radical (unpaired) electrons. The summed E-state index contributed by atoms with van der Waals surface area (Å²) < 4.78 is 5.43. The Balaban J connectivity index is 2.35. The standard InChI is InChI=1S/C13H18O6/c1-6-7(3-2-4-8(6)15)13-12(18)11(17)10(16)9(5-14)19-13/h2-4,9-18H,5H2,1H3/t9-,10-,11+,12-,13?/m1/s1. The van der Waals surface area contributed by atoms with Crippen LogP contribution in [0.15, 0.2) is 18.2 Å². The van der Waals surface area contributed by atoms with Gasteiger partial charge in [0, 0.05) is 0 Å². The molecule has 0 spiro atoms. The van der Waals surface area contributed by atoms with Crippen LogP contribution in [0.4, 0.5) is 0 Å². The van der Waals surface area contributed by atoms with Gasteiger partial charge in [0.25, 0.3) is 0 Å². The molecule has 106 valence electrons. The van der Waals surface area contributed by atoms with Crippen molar-refractivity contribution in [1.29, 1.82) is 0 Å². The normalized spacial score (nSPS) is 35.3. The van der Waals surface area contributed by atoms with Crippen molar-refractivity contribution in [3.05, 3.63) is 29.3 Å². The van der Waals surface area contributed by atoms with Crippen LogP contribution < -0.4 is 0 Å². The van der Waals surface area contributed by atoms with Crippen LogP contribution >= 0.6 is 0 Å². The van der Waals surface area contributed by atoms with Crippen molar-refractivity contribution in [2.75, 3.05) is 6.61 Å². The summed E-state index contributed by atoms with van der Waals surface area (Å²) in [4.78, 5) is 0. The second-order valence-electron chi connectivity index (χ2n) is 4.74. The van der Waals surface area contributed by atoms with Crippen LogP contribution in [-0.4, -0.2) is 56.6 Å². The molecular formula is C13H18O6. The Morgan fingerprint density at radius 2 is 1.79 bits per heavy atom. The Morgan fingerprint density at radius 1 is 1.11 bits per heavy atom. The zero-order chi connectivity index (χ0) is 14.2. The summed E-state index contributed by atoms with van der Waals surface area (Å²) in [6.45, 7) is 1.19. The Kier molecular flexibility index (Phi) is 4.07. The van der Waals surface area contributed by atoms with Gasteiger partial charge >= 0.3 is 0 Å². The van der Waals surface area contributed by atoms with Crippen LogP contribution in [0.1, 0.15) is 17.2 Å². The van der Waals surface area contributed by atoms with E-state index in [0.717, 1.165) is 0 Å². The van der Waals surface area contributed by atoms with Gasteiger partial charge in [0.1, 0.15) is 36.3 Å². The number of phenols is 1. The number of hydrogen-bond acceptors (Lipinski definition) is 6. The molecule has 5 atom stereocenters. The van der Waals surface area contributed by atoms with Crippen LogP contribution in [0.5, 0.6) is 5.75 Å². The third kappa shape index (κ3) is 2.45. The summed E-state index contributed by atoms with van der Waals surface area (Å²) in [5.41, 5.74) is 1.03. The predicted octanol–water partition coefficient (Wildman–Crippen LogP) is -0.784. The lowest BCUT2D eigenvalue weighted by Crippen LogP contribution is -2.55. The molecule has 1 heterocycles. The van der Waals surface area contributed by atoms with Gasteiger partial charge in [-0.15, -0.1) is 0 Å². The molecule has 6 heteroatoms. The summed E-state index contributed by atoms with van der Waals surface area (Å²) >= 11 is 0. The van der Waals surface area contributed by atoms with Gasteiger partial charge < -0.3 is 30.3 Å². The van der Waals surface area contributed by atoms with Gasteiger partial charge in [-0.1, -0.05) is 12.1 Å². The quantitative estimate of drug-likeness (QED) is 0.482. The topological polar surface area (TPSA) is 110 Å². The Labute approximate surface area is 110 Å². The fraction of sp³-hybridized carbons (Fsp3) is 0.538. The van der Waals surface area contributed by atoms with Crippen molar-refractivity contribution in [2.24, 2.45) is 0 Å². The van der Waals surface area contributed by atoms with Gasteiger partial charge in [0.15, 0.2) is 0 Å². The third-order valence-corrected chi connectivity index (χ3v) is 3.55. The zero-order valence-corrected chi connectivity index (χ0v) is 10.5. The van der Waals surface area contributed by atoms with E-state index < -0.39 is 37.1 Å². The van der Waals surface area contributed by atoms with E-state index in [1.54, 1.807) is 19.1 Å². The molecule has 19 heavy (non-hydrogen) atoms. The molecule has 1 aliphatic rings. The van der Waals surface area contributed by atoms with E-state index in [9.17, 15) is 20.4 Å². The predicted molar refractivity (Wildman–Crippen MR) is 65.6 cm³/mol. The van der Waals surface area contributed by atoms with Crippen molar-refractivity contribution in [2.45, 2.75) is 37.4 Å². The first-order chi connectivity index (χ1) is 8.97. The molecule has 1 saturated heterocycles. The molecule has 0 aliphatic carbocycles. The Hall–Kier alpha value is -1.18. The molecule has 0 amide bonds. The highest BCUT2D eigenvalue weighted by molar-refractivity contribution is 5.40. The first-order valence-electron chi connectivity index (χ1n) is 6.06. The molecule has 6 nitrogen and oxygen atoms in total. The van der Waals surface area contributed by atoms with E-state index in [4.69, 9.17) is 9.84 Å². The summed E-state index contributed by atoms with van der Waals surface area (Å²) in [6, 6.07) is 4.75. The molecule has 1 aromatic rings. The maximum atomic E-state index is 9.99. The van der Waals surface area contributed by atoms with Gasteiger partial charge in [0.05, 0.1) is 6.61 Å². The lowest BCUT2D eigenvalue weighted by atomic mass is 9.89. The molecule has 5 N–H and O–H groups in total. The highest BCUT2D eigenvalue weighted by Crippen LogP contribution is 2.35. The first kappa shape index (κ1) is 14.2. The highest BCUT2D eigenvalue weighted by atomic mass is 16.5. The lowest BCUT2D eigenvalue weighted by Gasteiger charge is -2.40. The van der Waals surface area contributed by atoms with Crippen LogP contribution in [0.2, 0.25) is 0 Å². The maximum absolute atomic E-state index is 9.99. The number of phenolic OH excluding ortho intramolecular Hbond substituents is 1. The average molecular weight is 270 g/mol. The number of ether oxygens (including phenoxy) is 1. The highest BCUT2D eigenvalue weighted by Gasteiger charge is 2.44. The molecule has 1 aliphatic heterocycles.